The number of nitrogens with zero attached hydrogens (tertiary/aromatic N) is 1. The van der Waals surface area contributed by atoms with Gasteiger partial charge in [-0.2, -0.15) is 5.26 Å². The fourth-order valence-corrected chi connectivity index (χ4v) is 3.66. The van der Waals surface area contributed by atoms with Crippen molar-refractivity contribution in [1.29, 1.82) is 5.26 Å². The van der Waals surface area contributed by atoms with Crippen molar-refractivity contribution in [3.8, 4) is 11.8 Å². The molecule has 1 heterocycles. The summed E-state index contributed by atoms with van der Waals surface area (Å²) in [5, 5.41) is 29.8. The van der Waals surface area contributed by atoms with Crippen LogP contribution in [0, 0.1) is 11.3 Å². The zero-order valence-electron chi connectivity index (χ0n) is 14.9. The molecule has 0 bridgehead atoms. The zero-order chi connectivity index (χ0) is 20.7. The molecule has 0 amide bonds. The van der Waals surface area contributed by atoms with Crippen LogP contribution in [0.5, 0.6) is 5.75 Å². The molecule has 29 heavy (non-hydrogen) atoms. The van der Waals surface area contributed by atoms with E-state index < -0.39 is 17.9 Å². The van der Waals surface area contributed by atoms with Crippen molar-refractivity contribution < 1.29 is 24.5 Å². The highest BCUT2D eigenvalue weighted by atomic mass is 16.5. The molecule has 1 aliphatic heterocycles. The minimum absolute atomic E-state index is 0.0469. The summed E-state index contributed by atoms with van der Waals surface area (Å²) in [6.07, 6.45) is 0. The van der Waals surface area contributed by atoms with E-state index in [4.69, 9.17) is 10.5 Å². The lowest BCUT2D eigenvalue weighted by Crippen LogP contribution is -2.22. The van der Waals surface area contributed by atoms with Gasteiger partial charge in [-0.3, -0.25) is 0 Å². The monoisotopic (exact) mass is 386 g/mol. The maximum Gasteiger partial charge on any atom is 0.336 e. The molecular weight excluding hydrogens is 372 g/mol. The number of carboxylic acids is 2. The van der Waals surface area contributed by atoms with Crippen LogP contribution in [-0.2, 0) is 0 Å². The Hall–Kier alpha value is -4.31. The van der Waals surface area contributed by atoms with E-state index in [9.17, 15) is 25.1 Å². The van der Waals surface area contributed by atoms with Gasteiger partial charge in [0.1, 0.15) is 17.4 Å². The fourth-order valence-electron chi connectivity index (χ4n) is 3.66. The molecule has 1 atom stereocenters. The van der Waals surface area contributed by atoms with Gasteiger partial charge >= 0.3 is 11.9 Å². The van der Waals surface area contributed by atoms with Crippen LogP contribution in [0.25, 0.3) is 10.8 Å². The summed E-state index contributed by atoms with van der Waals surface area (Å²) < 4.78 is 5.74. The summed E-state index contributed by atoms with van der Waals surface area (Å²) in [6, 6.07) is 16.5. The van der Waals surface area contributed by atoms with Crippen LogP contribution in [0.2, 0.25) is 0 Å². The van der Waals surface area contributed by atoms with E-state index in [2.05, 4.69) is 0 Å². The predicted octanol–water partition coefficient (Wildman–Crippen LogP) is 3.45. The number of rotatable bonds is 3. The Morgan fingerprint density at radius 1 is 1.00 bits per heavy atom. The van der Waals surface area contributed by atoms with Gasteiger partial charge in [0.2, 0.25) is 5.88 Å². The molecular formula is C22H14N2O5. The van der Waals surface area contributed by atoms with Gasteiger partial charge in [-0.15, -0.1) is 0 Å². The molecule has 0 fully saturated rings. The lowest BCUT2D eigenvalue weighted by molar-refractivity contribution is 0.0687. The molecule has 0 spiro atoms. The molecule has 0 saturated heterocycles. The maximum absolute atomic E-state index is 11.9. The smallest absolute Gasteiger partial charge is 0.336 e. The SMILES string of the molecule is N#CC1=C(N)Oc2c(cc(C(=O)O)c3ccccc23)C1c1cccc(C(=O)O)c1. The summed E-state index contributed by atoms with van der Waals surface area (Å²) in [5.74, 6) is -2.74. The quantitative estimate of drug-likeness (QED) is 0.627. The van der Waals surface area contributed by atoms with Crippen molar-refractivity contribution in [1.82, 2.24) is 0 Å². The van der Waals surface area contributed by atoms with E-state index >= 15 is 0 Å². The van der Waals surface area contributed by atoms with Crippen LogP contribution in [0.1, 0.15) is 37.8 Å². The Morgan fingerprint density at radius 3 is 2.38 bits per heavy atom. The number of ether oxygens (including phenoxy) is 1. The van der Waals surface area contributed by atoms with E-state index in [1.54, 1.807) is 36.4 Å². The van der Waals surface area contributed by atoms with Crippen LogP contribution >= 0.6 is 0 Å². The lowest BCUT2D eigenvalue weighted by atomic mass is 9.81. The number of hydrogen-bond donors (Lipinski definition) is 3. The van der Waals surface area contributed by atoms with E-state index in [1.807, 2.05) is 6.07 Å². The number of hydrogen-bond acceptors (Lipinski definition) is 5. The first-order valence-electron chi connectivity index (χ1n) is 8.62. The summed E-state index contributed by atoms with van der Waals surface area (Å²) >= 11 is 0. The molecule has 3 aromatic rings. The Kier molecular flexibility index (Phi) is 4.17. The van der Waals surface area contributed by atoms with Crippen LogP contribution in [0.15, 0.2) is 66.1 Å². The average molecular weight is 386 g/mol. The van der Waals surface area contributed by atoms with E-state index in [-0.39, 0.29) is 22.6 Å². The summed E-state index contributed by atoms with van der Waals surface area (Å²) in [5.41, 5.74) is 7.15. The van der Waals surface area contributed by atoms with Crippen molar-refractivity contribution in [2.75, 3.05) is 0 Å². The van der Waals surface area contributed by atoms with E-state index in [0.717, 1.165) is 0 Å². The Morgan fingerprint density at radius 2 is 1.72 bits per heavy atom. The third-order valence-electron chi connectivity index (χ3n) is 4.92. The number of nitriles is 1. The van der Waals surface area contributed by atoms with Crippen molar-refractivity contribution in [3.63, 3.8) is 0 Å². The number of fused-ring (bicyclic) bond motifs is 3. The third kappa shape index (κ3) is 2.84. The largest absolute Gasteiger partial charge is 0.478 e. The molecule has 0 aromatic heterocycles. The zero-order valence-corrected chi connectivity index (χ0v) is 14.9. The number of nitrogens with two attached hydrogens (primary N) is 1. The predicted molar refractivity (Wildman–Crippen MR) is 104 cm³/mol. The minimum Gasteiger partial charge on any atom is -0.478 e. The second-order valence-corrected chi connectivity index (χ2v) is 6.55. The molecule has 0 saturated carbocycles. The Balaban J connectivity index is 2.07. The van der Waals surface area contributed by atoms with Crippen molar-refractivity contribution in [3.05, 3.63) is 88.3 Å². The summed E-state index contributed by atoms with van der Waals surface area (Å²) in [4.78, 5) is 23.3. The van der Waals surface area contributed by atoms with Gasteiger partial charge in [-0.05, 0) is 29.1 Å². The van der Waals surface area contributed by atoms with E-state index in [0.29, 0.717) is 27.6 Å². The first-order valence-corrected chi connectivity index (χ1v) is 8.62. The minimum atomic E-state index is -1.12. The topological polar surface area (TPSA) is 134 Å². The second kappa shape index (κ2) is 6.69. The molecule has 1 unspecified atom stereocenters. The average Bonchev–Trinajstić information content (AvgIpc) is 2.72. The molecule has 7 heteroatoms. The van der Waals surface area contributed by atoms with E-state index in [1.165, 1.54) is 18.2 Å². The van der Waals surface area contributed by atoms with Gasteiger partial charge < -0.3 is 20.7 Å². The fraction of sp³-hybridized carbons (Fsp3) is 0.0455. The van der Waals surface area contributed by atoms with Gasteiger partial charge in [-0.25, -0.2) is 9.59 Å². The maximum atomic E-state index is 11.9. The number of carboxylic acid groups (broad SMARTS) is 2. The lowest BCUT2D eigenvalue weighted by Gasteiger charge is -2.28. The number of aromatic carboxylic acids is 2. The highest BCUT2D eigenvalue weighted by molar-refractivity contribution is 6.06. The Bertz CT molecular complexity index is 1270. The molecule has 7 nitrogen and oxygen atoms in total. The van der Waals surface area contributed by atoms with Crippen molar-refractivity contribution in [2.45, 2.75) is 5.92 Å². The van der Waals surface area contributed by atoms with Gasteiger partial charge in [0, 0.05) is 10.9 Å². The molecule has 4 N–H and O–H groups in total. The first kappa shape index (κ1) is 18.1. The van der Waals surface area contributed by atoms with Gasteiger partial charge in [0.05, 0.1) is 17.0 Å². The van der Waals surface area contributed by atoms with Crippen LogP contribution < -0.4 is 10.5 Å². The second-order valence-electron chi connectivity index (χ2n) is 6.55. The van der Waals surface area contributed by atoms with Gasteiger partial charge in [-0.1, -0.05) is 36.4 Å². The van der Waals surface area contributed by atoms with Gasteiger partial charge in [0.25, 0.3) is 0 Å². The normalized spacial score (nSPS) is 15.3. The van der Waals surface area contributed by atoms with Crippen molar-refractivity contribution in [2.24, 2.45) is 5.73 Å². The molecule has 0 aliphatic carbocycles. The number of allylic oxidation sites excluding steroid dienone is 1. The summed E-state index contributed by atoms with van der Waals surface area (Å²) in [6.45, 7) is 0. The Labute approximate surface area is 164 Å². The standard InChI is InChI=1S/C22H14N2O5/c23-10-17-18(11-4-3-5-12(8-11)21(25)26)16-9-15(22(27)28)13-6-1-2-7-14(13)19(16)29-20(17)24/h1-9,18H,24H2,(H,25,26)(H,27,28). The summed E-state index contributed by atoms with van der Waals surface area (Å²) in [7, 11) is 0. The third-order valence-corrected chi connectivity index (χ3v) is 4.92. The van der Waals surface area contributed by atoms with Crippen LogP contribution in [-0.4, -0.2) is 22.2 Å². The molecule has 3 aromatic carbocycles. The highest BCUT2D eigenvalue weighted by Gasteiger charge is 2.33. The number of benzene rings is 3. The molecule has 1 aliphatic rings. The molecule has 0 radical (unpaired) electrons. The van der Waals surface area contributed by atoms with Crippen LogP contribution in [0.3, 0.4) is 0 Å². The van der Waals surface area contributed by atoms with Crippen LogP contribution in [0.4, 0.5) is 0 Å². The molecule has 142 valence electrons. The van der Waals surface area contributed by atoms with Crippen molar-refractivity contribution >= 4 is 22.7 Å². The highest BCUT2D eigenvalue weighted by Crippen LogP contribution is 2.46. The van der Waals surface area contributed by atoms with Gasteiger partial charge in [0.15, 0.2) is 0 Å². The number of carbonyl (C=O) groups is 2. The molecule has 4 rings (SSSR count). The first-order chi connectivity index (χ1) is 13.9.